The third kappa shape index (κ3) is 10.6. The standard InChI is InChI=1S/C9H18N2O.C6H12N2O/c1-8(6-4-5-7-10)9(12)11(2)3;1-5(4-7)6(9)8(2)3/h1,4-7,10H2,2-3H3;4H,7H2,1-3H3. The molecule has 0 saturated carbocycles. The summed E-state index contributed by atoms with van der Waals surface area (Å²) in [6.45, 7) is 6.08. The molecule has 0 rings (SSSR count). The highest BCUT2D eigenvalue weighted by Crippen LogP contribution is 2.06. The van der Waals surface area contributed by atoms with Crippen molar-refractivity contribution in [1.29, 1.82) is 0 Å². The Labute approximate surface area is 128 Å². The van der Waals surface area contributed by atoms with Gasteiger partial charge in [0.1, 0.15) is 0 Å². The van der Waals surface area contributed by atoms with Crippen LogP contribution in [0.3, 0.4) is 0 Å². The molecule has 2 amide bonds. The zero-order valence-electron chi connectivity index (χ0n) is 14.0. The summed E-state index contributed by atoms with van der Waals surface area (Å²) in [6, 6.07) is 0. The number of carbonyl (C=O) groups is 2. The Hall–Kier alpha value is -1.82. The molecule has 0 aliphatic rings. The predicted octanol–water partition coefficient (Wildman–Crippen LogP) is 0.697. The van der Waals surface area contributed by atoms with Crippen LogP contribution in [0.5, 0.6) is 0 Å². The monoisotopic (exact) mass is 298 g/mol. The number of hydrogen-bond donors (Lipinski definition) is 2. The summed E-state index contributed by atoms with van der Waals surface area (Å²) >= 11 is 0. The molecule has 122 valence electrons. The molecule has 0 aromatic heterocycles. The van der Waals surface area contributed by atoms with E-state index in [0.717, 1.165) is 19.3 Å². The van der Waals surface area contributed by atoms with E-state index in [1.54, 1.807) is 40.0 Å². The number of hydrogen-bond acceptors (Lipinski definition) is 4. The van der Waals surface area contributed by atoms with E-state index in [1.165, 1.54) is 11.1 Å². The highest BCUT2D eigenvalue weighted by Gasteiger charge is 2.07. The van der Waals surface area contributed by atoms with Crippen molar-refractivity contribution in [2.24, 2.45) is 11.5 Å². The number of nitrogens with zero attached hydrogens (tertiary/aromatic N) is 2. The first kappa shape index (κ1) is 21.5. The van der Waals surface area contributed by atoms with E-state index in [1.807, 2.05) is 0 Å². The lowest BCUT2D eigenvalue weighted by Gasteiger charge is -2.11. The van der Waals surface area contributed by atoms with E-state index in [-0.39, 0.29) is 11.8 Å². The van der Waals surface area contributed by atoms with Crippen LogP contribution in [0.4, 0.5) is 0 Å². The predicted molar refractivity (Wildman–Crippen MR) is 87.4 cm³/mol. The number of likely N-dealkylation sites (N-methyl/N-ethyl adjacent to an activating group) is 2. The first-order chi connectivity index (χ1) is 9.68. The number of unbranched alkanes of at least 4 members (excludes halogenated alkanes) is 1. The van der Waals surface area contributed by atoms with Crippen molar-refractivity contribution in [3.63, 3.8) is 0 Å². The number of nitrogens with two attached hydrogens (primary N) is 2. The molecule has 0 fully saturated rings. The fourth-order valence-corrected chi connectivity index (χ4v) is 1.33. The van der Waals surface area contributed by atoms with E-state index < -0.39 is 0 Å². The second-order valence-electron chi connectivity index (χ2n) is 5.10. The van der Waals surface area contributed by atoms with Gasteiger partial charge >= 0.3 is 0 Å². The summed E-state index contributed by atoms with van der Waals surface area (Å²) in [4.78, 5) is 25.1. The van der Waals surface area contributed by atoms with Crippen molar-refractivity contribution < 1.29 is 9.59 Å². The van der Waals surface area contributed by atoms with Gasteiger partial charge < -0.3 is 21.3 Å². The van der Waals surface area contributed by atoms with Crippen molar-refractivity contribution in [1.82, 2.24) is 9.80 Å². The maximum absolute atomic E-state index is 11.2. The molecule has 0 atom stereocenters. The van der Waals surface area contributed by atoms with Gasteiger partial charge in [-0.3, -0.25) is 9.59 Å². The Morgan fingerprint density at radius 2 is 1.52 bits per heavy atom. The first-order valence-electron chi connectivity index (χ1n) is 6.88. The van der Waals surface area contributed by atoms with E-state index in [4.69, 9.17) is 11.5 Å². The normalized spacial score (nSPS) is 10.3. The molecule has 0 aromatic carbocycles. The molecule has 0 aliphatic heterocycles. The molecule has 21 heavy (non-hydrogen) atoms. The number of rotatable bonds is 6. The fourth-order valence-electron chi connectivity index (χ4n) is 1.33. The number of carbonyl (C=O) groups excluding carboxylic acids is 2. The molecule has 0 heterocycles. The van der Waals surface area contributed by atoms with Crippen LogP contribution in [0.15, 0.2) is 23.9 Å². The van der Waals surface area contributed by atoms with Crippen molar-refractivity contribution in [2.45, 2.75) is 26.2 Å². The van der Waals surface area contributed by atoms with Gasteiger partial charge in [-0.15, -0.1) is 0 Å². The van der Waals surface area contributed by atoms with Gasteiger partial charge in [0, 0.05) is 45.5 Å². The Morgan fingerprint density at radius 3 is 1.81 bits per heavy atom. The fraction of sp³-hybridized carbons (Fsp3) is 0.600. The maximum Gasteiger partial charge on any atom is 0.250 e. The van der Waals surface area contributed by atoms with E-state index in [2.05, 4.69) is 6.58 Å². The van der Waals surface area contributed by atoms with Gasteiger partial charge in [-0.2, -0.15) is 0 Å². The van der Waals surface area contributed by atoms with Gasteiger partial charge in [0.05, 0.1) is 0 Å². The Kier molecular flexibility index (Phi) is 12.2. The molecule has 0 unspecified atom stereocenters. The average Bonchev–Trinajstić information content (AvgIpc) is 2.45. The van der Waals surface area contributed by atoms with Crippen LogP contribution in [0.2, 0.25) is 0 Å². The SMILES string of the molecule is C=C(CCCCN)C(=O)N(C)C.CC(=CN)C(=O)N(C)C. The largest absolute Gasteiger partial charge is 0.404 e. The van der Waals surface area contributed by atoms with Gasteiger partial charge in [0.25, 0.3) is 0 Å². The van der Waals surface area contributed by atoms with Crippen molar-refractivity contribution in [3.8, 4) is 0 Å². The summed E-state index contributed by atoms with van der Waals surface area (Å²) in [5.74, 6) is -0.0236. The second kappa shape index (κ2) is 12.0. The van der Waals surface area contributed by atoms with Gasteiger partial charge in [0.15, 0.2) is 0 Å². The molecule has 4 N–H and O–H groups in total. The maximum atomic E-state index is 11.2. The smallest absolute Gasteiger partial charge is 0.250 e. The topological polar surface area (TPSA) is 92.7 Å². The Bertz CT molecular complexity index is 374. The van der Waals surface area contributed by atoms with Crippen molar-refractivity contribution in [2.75, 3.05) is 34.7 Å². The van der Waals surface area contributed by atoms with E-state index in [9.17, 15) is 9.59 Å². The number of amides is 2. The Morgan fingerprint density at radius 1 is 1.05 bits per heavy atom. The van der Waals surface area contributed by atoms with Crippen LogP contribution in [0, 0.1) is 0 Å². The first-order valence-corrected chi connectivity index (χ1v) is 6.88. The molecule has 6 nitrogen and oxygen atoms in total. The van der Waals surface area contributed by atoms with Gasteiger partial charge in [-0.05, 0) is 32.7 Å². The van der Waals surface area contributed by atoms with Crippen molar-refractivity contribution >= 4 is 11.8 Å². The lowest BCUT2D eigenvalue weighted by atomic mass is 10.1. The zero-order chi connectivity index (χ0) is 17.0. The zero-order valence-corrected chi connectivity index (χ0v) is 14.0. The van der Waals surface area contributed by atoms with Crippen LogP contribution < -0.4 is 11.5 Å². The van der Waals surface area contributed by atoms with Crippen LogP contribution in [0.1, 0.15) is 26.2 Å². The second-order valence-corrected chi connectivity index (χ2v) is 5.10. The van der Waals surface area contributed by atoms with E-state index >= 15 is 0 Å². The van der Waals surface area contributed by atoms with Gasteiger partial charge in [0.2, 0.25) is 11.8 Å². The van der Waals surface area contributed by atoms with Gasteiger partial charge in [-0.1, -0.05) is 6.58 Å². The molecule has 0 spiro atoms. The van der Waals surface area contributed by atoms with Crippen molar-refractivity contribution in [3.05, 3.63) is 23.9 Å². The quantitative estimate of drug-likeness (QED) is 0.557. The molecule has 0 bridgehead atoms. The summed E-state index contributed by atoms with van der Waals surface area (Å²) in [5, 5.41) is 0. The van der Waals surface area contributed by atoms with Crippen LogP contribution in [-0.2, 0) is 9.59 Å². The molecular weight excluding hydrogens is 268 g/mol. The minimum absolute atomic E-state index is 0.0204. The molecule has 0 aromatic rings. The Balaban J connectivity index is 0. The summed E-state index contributed by atoms with van der Waals surface area (Å²) in [6.07, 6.45) is 3.98. The van der Waals surface area contributed by atoms with Gasteiger partial charge in [-0.25, -0.2) is 0 Å². The lowest BCUT2D eigenvalue weighted by molar-refractivity contribution is -0.125. The highest BCUT2D eigenvalue weighted by molar-refractivity contribution is 5.92. The third-order valence-electron chi connectivity index (χ3n) is 2.63. The lowest BCUT2D eigenvalue weighted by Crippen LogP contribution is -2.23. The molecule has 0 radical (unpaired) electrons. The summed E-state index contributed by atoms with van der Waals surface area (Å²) in [7, 11) is 6.84. The third-order valence-corrected chi connectivity index (χ3v) is 2.63. The van der Waals surface area contributed by atoms with Crippen LogP contribution >= 0.6 is 0 Å². The van der Waals surface area contributed by atoms with Crippen LogP contribution in [-0.4, -0.2) is 56.3 Å². The average molecular weight is 298 g/mol. The molecule has 0 aliphatic carbocycles. The molecule has 6 heteroatoms. The minimum atomic E-state index is -0.0440. The molecular formula is C15H30N4O2. The van der Waals surface area contributed by atoms with E-state index in [0.29, 0.717) is 17.7 Å². The van der Waals surface area contributed by atoms with Crippen LogP contribution in [0.25, 0.3) is 0 Å². The molecule has 0 saturated heterocycles. The summed E-state index contributed by atoms with van der Waals surface area (Å²) < 4.78 is 0. The summed E-state index contributed by atoms with van der Waals surface area (Å²) in [5.41, 5.74) is 11.7. The highest BCUT2D eigenvalue weighted by atomic mass is 16.2. The minimum Gasteiger partial charge on any atom is -0.404 e.